The molecule has 0 unspecified atom stereocenters. The number of carbonyl (C=O) groups excluding carboxylic acids is 2. The van der Waals surface area contributed by atoms with Crippen molar-refractivity contribution in [2.24, 2.45) is 0 Å². The molecule has 1 fully saturated rings. The number of benzene rings is 3. The van der Waals surface area contributed by atoms with Crippen LogP contribution in [0.2, 0.25) is 0 Å². The fourth-order valence-corrected chi connectivity index (χ4v) is 6.46. The molecule has 2 aliphatic rings. The minimum atomic E-state index is -0.722. The Morgan fingerprint density at radius 2 is 1.79 bits per heavy atom. The predicted octanol–water partition coefficient (Wildman–Crippen LogP) is 4.85. The molecular weight excluding hydrogens is 562 g/mol. The van der Waals surface area contributed by atoms with Crippen molar-refractivity contribution in [3.63, 3.8) is 0 Å². The van der Waals surface area contributed by atoms with Gasteiger partial charge in [0.15, 0.2) is 0 Å². The summed E-state index contributed by atoms with van der Waals surface area (Å²) in [5.74, 6) is -0.980. The highest BCUT2D eigenvalue weighted by Gasteiger charge is 2.39. The SMILES string of the molecule is COc1ccc(-n2nc(-c3ccccc3)c3c2N(CC(=O)N2CCOCC2)C(=O)CS[C@H]3c2ccc(F)cc2F)cc1. The van der Waals surface area contributed by atoms with Gasteiger partial charge < -0.3 is 14.4 Å². The molecule has 0 radical (unpaired) electrons. The van der Waals surface area contributed by atoms with Gasteiger partial charge in [-0.1, -0.05) is 36.4 Å². The monoisotopic (exact) mass is 590 g/mol. The second-order valence-electron chi connectivity index (χ2n) is 9.89. The maximum absolute atomic E-state index is 15.4. The summed E-state index contributed by atoms with van der Waals surface area (Å²) in [6.45, 7) is 1.49. The van der Waals surface area contributed by atoms with Crippen LogP contribution in [0.5, 0.6) is 5.75 Å². The molecule has 8 nitrogen and oxygen atoms in total. The molecule has 0 saturated carbocycles. The third kappa shape index (κ3) is 5.37. The average Bonchev–Trinajstić information content (AvgIpc) is 3.35. The number of methoxy groups -OCH3 is 1. The van der Waals surface area contributed by atoms with Crippen molar-refractivity contribution in [3.8, 4) is 22.7 Å². The maximum Gasteiger partial charge on any atom is 0.242 e. The Labute approximate surface area is 245 Å². The molecule has 6 rings (SSSR count). The largest absolute Gasteiger partial charge is 0.497 e. The van der Waals surface area contributed by atoms with Crippen molar-refractivity contribution >= 4 is 29.4 Å². The fourth-order valence-electron chi connectivity index (χ4n) is 5.24. The zero-order valence-electron chi connectivity index (χ0n) is 22.8. The molecule has 0 aliphatic carbocycles. The van der Waals surface area contributed by atoms with E-state index in [1.165, 1.54) is 28.8 Å². The van der Waals surface area contributed by atoms with E-state index in [4.69, 9.17) is 14.6 Å². The lowest BCUT2D eigenvalue weighted by molar-refractivity contribution is -0.134. The normalized spacial score (nSPS) is 17.1. The zero-order chi connectivity index (χ0) is 29.2. The third-order valence-electron chi connectivity index (χ3n) is 7.36. The maximum atomic E-state index is 15.4. The topological polar surface area (TPSA) is 76.9 Å². The van der Waals surface area contributed by atoms with Crippen molar-refractivity contribution in [1.82, 2.24) is 14.7 Å². The van der Waals surface area contributed by atoms with Crippen LogP contribution in [0.1, 0.15) is 16.4 Å². The number of morpholine rings is 1. The molecule has 0 spiro atoms. The predicted molar refractivity (Wildman–Crippen MR) is 156 cm³/mol. The molecule has 0 N–H and O–H groups in total. The van der Waals surface area contributed by atoms with Crippen LogP contribution >= 0.6 is 11.8 Å². The van der Waals surface area contributed by atoms with Gasteiger partial charge in [-0.15, -0.1) is 11.8 Å². The van der Waals surface area contributed by atoms with Gasteiger partial charge in [-0.25, -0.2) is 13.5 Å². The molecule has 216 valence electrons. The van der Waals surface area contributed by atoms with Crippen LogP contribution in [0.15, 0.2) is 72.8 Å². The van der Waals surface area contributed by atoms with Gasteiger partial charge in [0.1, 0.15) is 29.7 Å². The molecule has 11 heteroatoms. The molecule has 0 bridgehead atoms. The van der Waals surface area contributed by atoms with E-state index in [2.05, 4.69) is 0 Å². The van der Waals surface area contributed by atoms with Gasteiger partial charge in [-0.3, -0.25) is 14.5 Å². The van der Waals surface area contributed by atoms with Crippen LogP contribution in [-0.2, 0) is 14.3 Å². The lowest BCUT2D eigenvalue weighted by Gasteiger charge is -2.30. The summed E-state index contributed by atoms with van der Waals surface area (Å²) in [6.07, 6.45) is 0. The number of thioether (sulfide) groups is 1. The molecule has 1 aromatic heterocycles. The number of hydrogen-bond donors (Lipinski definition) is 0. The Hall–Kier alpha value is -4.22. The van der Waals surface area contributed by atoms with E-state index in [-0.39, 0.29) is 29.7 Å². The minimum absolute atomic E-state index is 0.0244. The highest BCUT2D eigenvalue weighted by Crippen LogP contribution is 2.49. The summed E-state index contributed by atoms with van der Waals surface area (Å²) < 4.78 is 41.7. The minimum Gasteiger partial charge on any atom is -0.497 e. The summed E-state index contributed by atoms with van der Waals surface area (Å²) >= 11 is 1.23. The van der Waals surface area contributed by atoms with E-state index < -0.39 is 16.9 Å². The van der Waals surface area contributed by atoms with Crippen molar-refractivity contribution in [1.29, 1.82) is 0 Å². The number of hydrogen-bond acceptors (Lipinski definition) is 6. The Morgan fingerprint density at radius 3 is 2.48 bits per heavy atom. The van der Waals surface area contributed by atoms with Crippen LogP contribution in [-0.4, -0.2) is 72.2 Å². The van der Waals surface area contributed by atoms with E-state index in [1.54, 1.807) is 41.0 Å². The number of anilines is 1. The number of rotatable bonds is 6. The van der Waals surface area contributed by atoms with Crippen LogP contribution in [0, 0.1) is 11.6 Å². The van der Waals surface area contributed by atoms with Gasteiger partial charge in [-0.05, 0) is 30.3 Å². The molecule has 3 heterocycles. The molecule has 42 heavy (non-hydrogen) atoms. The standard InChI is InChI=1S/C31H28F2N4O4S/c1-40-23-10-8-22(9-11-23)37-31-28(29(34-37)20-5-3-2-4-6-20)30(24-12-7-21(32)17-25(24)33)42-19-27(39)36(31)18-26(38)35-13-15-41-16-14-35/h2-12,17,30H,13-16,18-19H2,1H3/t30-/m0/s1. The zero-order valence-corrected chi connectivity index (χ0v) is 23.7. The first-order valence-corrected chi connectivity index (χ1v) is 14.5. The Bertz CT molecular complexity index is 1610. The first-order valence-electron chi connectivity index (χ1n) is 13.5. The number of halogens is 2. The number of carbonyl (C=O) groups is 2. The summed E-state index contributed by atoms with van der Waals surface area (Å²) in [4.78, 5) is 30.5. The van der Waals surface area contributed by atoms with Gasteiger partial charge in [0, 0.05) is 35.8 Å². The van der Waals surface area contributed by atoms with E-state index in [0.29, 0.717) is 54.8 Å². The van der Waals surface area contributed by atoms with E-state index in [9.17, 15) is 14.0 Å². The van der Waals surface area contributed by atoms with Gasteiger partial charge in [0.2, 0.25) is 11.8 Å². The van der Waals surface area contributed by atoms with Crippen LogP contribution < -0.4 is 9.64 Å². The molecule has 3 aromatic carbocycles. The van der Waals surface area contributed by atoms with Gasteiger partial charge in [0.25, 0.3) is 0 Å². The number of ether oxygens (including phenoxy) is 2. The summed E-state index contributed by atoms with van der Waals surface area (Å²) in [5, 5.41) is 4.27. The summed E-state index contributed by atoms with van der Waals surface area (Å²) in [5.41, 5.74) is 2.69. The van der Waals surface area contributed by atoms with E-state index >= 15 is 4.39 Å². The second kappa shape index (κ2) is 11.9. The van der Waals surface area contributed by atoms with Crippen LogP contribution in [0.4, 0.5) is 14.6 Å². The number of nitrogens with zero attached hydrogens (tertiary/aromatic N) is 4. The number of fused-ring (bicyclic) bond motifs is 1. The second-order valence-corrected chi connectivity index (χ2v) is 11.0. The first kappa shape index (κ1) is 27.9. The smallest absolute Gasteiger partial charge is 0.242 e. The Balaban J connectivity index is 1.59. The summed E-state index contributed by atoms with van der Waals surface area (Å²) in [7, 11) is 1.57. The van der Waals surface area contributed by atoms with Gasteiger partial charge in [0.05, 0.1) is 42.7 Å². The molecule has 2 aliphatic heterocycles. The molecule has 1 atom stereocenters. The lowest BCUT2D eigenvalue weighted by atomic mass is 9.99. The molecule has 2 amide bonds. The van der Waals surface area contributed by atoms with E-state index in [1.807, 2.05) is 30.3 Å². The fraction of sp³-hybridized carbons (Fsp3) is 0.258. The molecule has 1 saturated heterocycles. The van der Waals surface area contributed by atoms with Crippen molar-refractivity contribution in [2.45, 2.75) is 5.25 Å². The van der Waals surface area contributed by atoms with Crippen LogP contribution in [0.3, 0.4) is 0 Å². The molecule has 4 aromatic rings. The van der Waals surface area contributed by atoms with E-state index in [0.717, 1.165) is 11.6 Å². The lowest BCUT2D eigenvalue weighted by Crippen LogP contribution is -2.48. The Morgan fingerprint density at radius 1 is 1.05 bits per heavy atom. The highest BCUT2D eigenvalue weighted by molar-refractivity contribution is 8.00. The van der Waals surface area contributed by atoms with Crippen molar-refractivity contribution < 1.29 is 27.8 Å². The van der Waals surface area contributed by atoms with Crippen LogP contribution in [0.25, 0.3) is 16.9 Å². The average molecular weight is 591 g/mol. The van der Waals surface area contributed by atoms with Crippen molar-refractivity contribution in [3.05, 3.63) is 95.6 Å². The summed E-state index contributed by atoms with van der Waals surface area (Å²) in [6, 6.07) is 20.0. The quantitative estimate of drug-likeness (QED) is 0.320. The third-order valence-corrected chi connectivity index (χ3v) is 8.59. The van der Waals surface area contributed by atoms with Gasteiger partial charge in [-0.2, -0.15) is 5.10 Å². The highest BCUT2D eigenvalue weighted by atomic mass is 32.2. The van der Waals surface area contributed by atoms with Crippen molar-refractivity contribution in [2.75, 3.05) is 50.6 Å². The van der Waals surface area contributed by atoms with Gasteiger partial charge >= 0.3 is 0 Å². The number of amides is 2. The molecular formula is C31H28F2N4O4S. The number of aromatic nitrogens is 2. The Kier molecular flexibility index (Phi) is 7.94. The first-order chi connectivity index (χ1) is 20.4.